The zero-order chi connectivity index (χ0) is 15.3. The number of nitrogens with one attached hydrogen (secondary N) is 2. The maximum atomic E-state index is 11.5. The zero-order valence-electron chi connectivity index (χ0n) is 11.0. The van der Waals surface area contributed by atoms with Gasteiger partial charge < -0.3 is 25.7 Å². The molecule has 0 aliphatic heterocycles. The fourth-order valence-electron chi connectivity index (χ4n) is 1.25. The maximum Gasteiger partial charge on any atom is 0.335 e. The van der Waals surface area contributed by atoms with Gasteiger partial charge in [-0.15, -0.1) is 0 Å². The molecule has 108 valence electrons. The predicted molar refractivity (Wildman–Crippen MR) is 70.8 cm³/mol. The molecule has 0 atom stereocenters. The van der Waals surface area contributed by atoms with Crippen LogP contribution in [0.2, 0.25) is 0 Å². The summed E-state index contributed by atoms with van der Waals surface area (Å²) in [6.45, 7) is -0.188. The second-order valence-electron chi connectivity index (χ2n) is 4.13. The molecule has 8 heteroatoms. The van der Waals surface area contributed by atoms with E-state index < -0.39 is 12.0 Å². The number of nitrogens with zero attached hydrogens (tertiary/aromatic N) is 1. The number of carbonyl (C=O) groups is 3. The minimum atomic E-state index is -1.19. The number of hydrogen-bond acceptors (Lipinski definition) is 4. The molecule has 0 aliphatic carbocycles. The number of aromatic carboxylic acids is 1. The highest BCUT2D eigenvalue weighted by atomic mass is 16.4. The molecule has 0 heterocycles. The van der Waals surface area contributed by atoms with E-state index in [1.54, 1.807) is 14.1 Å². The van der Waals surface area contributed by atoms with E-state index in [-0.39, 0.29) is 29.5 Å². The van der Waals surface area contributed by atoms with Crippen LogP contribution in [0.15, 0.2) is 18.2 Å². The Morgan fingerprint density at radius 1 is 1.25 bits per heavy atom. The Hall–Kier alpha value is -2.77. The highest BCUT2D eigenvalue weighted by molar-refractivity contribution is 5.95. The normalized spacial score (nSPS) is 9.70. The summed E-state index contributed by atoms with van der Waals surface area (Å²) in [4.78, 5) is 34.7. The molecular formula is C12H15N3O5. The quantitative estimate of drug-likeness (QED) is 0.592. The molecule has 0 spiro atoms. The van der Waals surface area contributed by atoms with Gasteiger partial charge in [0.25, 0.3) is 0 Å². The molecule has 0 radical (unpaired) electrons. The third kappa shape index (κ3) is 4.16. The molecule has 0 aromatic heterocycles. The van der Waals surface area contributed by atoms with E-state index in [1.807, 2.05) is 0 Å². The van der Waals surface area contributed by atoms with Crippen molar-refractivity contribution in [3.63, 3.8) is 0 Å². The number of urea groups is 1. The van der Waals surface area contributed by atoms with Crippen LogP contribution in [-0.2, 0) is 4.79 Å². The lowest BCUT2D eigenvalue weighted by molar-refractivity contribution is -0.127. The van der Waals surface area contributed by atoms with E-state index in [9.17, 15) is 19.5 Å². The summed E-state index contributed by atoms with van der Waals surface area (Å²) in [5.74, 6) is -1.85. The number of anilines is 1. The van der Waals surface area contributed by atoms with Crippen molar-refractivity contribution in [3.05, 3.63) is 23.8 Å². The van der Waals surface area contributed by atoms with E-state index in [1.165, 1.54) is 17.0 Å². The van der Waals surface area contributed by atoms with Crippen LogP contribution in [0, 0.1) is 0 Å². The molecule has 1 aromatic rings. The average Bonchev–Trinajstić information content (AvgIpc) is 2.37. The smallest absolute Gasteiger partial charge is 0.335 e. The monoisotopic (exact) mass is 281 g/mol. The van der Waals surface area contributed by atoms with E-state index in [0.29, 0.717) is 0 Å². The van der Waals surface area contributed by atoms with Gasteiger partial charge >= 0.3 is 12.0 Å². The first-order chi connectivity index (χ1) is 9.31. The number of aromatic hydroxyl groups is 1. The van der Waals surface area contributed by atoms with Gasteiger partial charge in [-0.1, -0.05) is 0 Å². The van der Waals surface area contributed by atoms with Crippen molar-refractivity contribution in [3.8, 4) is 5.75 Å². The average molecular weight is 281 g/mol. The topological polar surface area (TPSA) is 119 Å². The number of amides is 3. The first-order valence-corrected chi connectivity index (χ1v) is 5.62. The number of rotatable bonds is 4. The van der Waals surface area contributed by atoms with Crippen molar-refractivity contribution >= 4 is 23.6 Å². The van der Waals surface area contributed by atoms with Crippen molar-refractivity contribution < 1.29 is 24.6 Å². The van der Waals surface area contributed by atoms with Crippen molar-refractivity contribution in [2.24, 2.45) is 0 Å². The van der Waals surface area contributed by atoms with Crippen molar-refractivity contribution in [2.75, 3.05) is 26.0 Å². The Kier molecular flexibility index (Phi) is 4.90. The van der Waals surface area contributed by atoms with E-state index >= 15 is 0 Å². The summed E-state index contributed by atoms with van der Waals surface area (Å²) in [7, 11) is 3.11. The van der Waals surface area contributed by atoms with Gasteiger partial charge in [-0.3, -0.25) is 4.79 Å². The number of carboxylic acid groups (broad SMARTS) is 1. The first-order valence-electron chi connectivity index (χ1n) is 5.62. The highest BCUT2D eigenvalue weighted by Crippen LogP contribution is 2.24. The molecule has 0 bridgehead atoms. The number of phenolic OH excluding ortho intramolecular Hbond substituents is 1. The van der Waals surface area contributed by atoms with Gasteiger partial charge in [0.15, 0.2) is 0 Å². The summed E-state index contributed by atoms with van der Waals surface area (Å²) in [6.07, 6.45) is 0. The maximum absolute atomic E-state index is 11.5. The van der Waals surface area contributed by atoms with Gasteiger partial charge in [0.1, 0.15) is 5.75 Å². The molecule has 1 aromatic carbocycles. The fourth-order valence-corrected chi connectivity index (χ4v) is 1.25. The molecule has 1 rings (SSSR count). The standard InChI is InChI=1S/C12H15N3O5/c1-15(2)10(17)6-13-12(20)14-8-4-3-7(11(18)19)5-9(8)16/h3-5,16H,6H2,1-2H3,(H,18,19)(H2,13,14,20). The Morgan fingerprint density at radius 3 is 2.40 bits per heavy atom. The van der Waals surface area contributed by atoms with Crippen molar-refractivity contribution in [1.82, 2.24) is 10.2 Å². The van der Waals surface area contributed by atoms with Crippen molar-refractivity contribution in [1.29, 1.82) is 0 Å². The molecule has 0 saturated carbocycles. The number of carbonyl (C=O) groups excluding carboxylic acids is 2. The van der Waals surface area contributed by atoms with Gasteiger partial charge in [0, 0.05) is 14.1 Å². The lowest BCUT2D eigenvalue weighted by Crippen LogP contribution is -2.38. The molecule has 8 nitrogen and oxygen atoms in total. The summed E-state index contributed by atoms with van der Waals surface area (Å²) in [5, 5.41) is 22.9. The third-order valence-electron chi connectivity index (χ3n) is 2.39. The fraction of sp³-hybridized carbons (Fsp3) is 0.250. The lowest BCUT2D eigenvalue weighted by Gasteiger charge is -2.12. The summed E-state index contributed by atoms with van der Waals surface area (Å²) in [5.41, 5.74) is -0.0546. The molecule has 20 heavy (non-hydrogen) atoms. The number of likely N-dealkylation sites (N-methyl/N-ethyl adjacent to an activating group) is 1. The van der Waals surface area contributed by atoms with Gasteiger partial charge in [-0.25, -0.2) is 9.59 Å². The largest absolute Gasteiger partial charge is 0.506 e. The Labute approximate surface area is 115 Å². The number of benzene rings is 1. The highest BCUT2D eigenvalue weighted by Gasteiger charge is 2.11. The second kappa shape index (κ2) is 6.41. The predicted octanol–water partition coefficient (Wildman–Crippen LogP) is 0.300. The summed E-state index contributed by atoms with van der Waals surface area (Å²) < 4.78 is 0. The Bertz CT molecular complexity index is 542. The van der Waals surface area contributed by atoms with Crippen LogP contribution >= 0.6 is 0 Å². The number of carboxylic acids is 1. The SMILES string of the molecule is CN(C)C(=O)CNC(=O)Nc1ccc(C(=O)O)cc1O. The van der Waals surface area contributed by atoms with Crippen LogP contribution in [0.4, 0.5) is 10.5 Å². The molecule has 0 saturated heterocycles. The zero-order valence-corrected chi connectivity index (χ0v) is 11.0. The summed E-state index contributed by atoms with van der Waals surface area (Å²) >= 11 is 0. The molecule has 0 aliphatic rings. The number of phenols is 1. The minimum Gasteiger partial charge on any atom is -0.506 e. The number of hydrogen-bond donors (Lipinski definition) is 4. The van der Waals surface area contributed by atoms with Crippen LogP contribution in [0.1, 0.15) is 10.4 Å². The Morgan fingerprint density at radius 2 is 1.90 bits per heavy atom. The van der Waals surface area contributed by atoms with Crippen molar-refractivity contribution in [2.45, 2.75) is 0 Å². The van der Waals surface area contributed by atoms with E-state index in [0.717, 1.165) is 6.07 Å². The van der Waals surface area contributed by atoms with Crippen LogP contribution in [-0.4, -0.2) is 53.7 Å². The molecular weight excluding hydrogens is 266 g/mol. The van der Waals surface area contributed by atoms with Crippen LogP contribution < -0.4 is 10.6 Å². The second-order valence-corrected chi connectivity index (χ2v) is 4.13. The summed E-state index contributed by atoms with van der Waals surface area (Å²) in [6, 6.07) is 2.83. The minimum absolute atomic E-state index is 0.0461. The Balaban J connectivity index is 2.62. The van der Waals surface area contributed by atoms with Crippen LogP contribution in [0.25, 0.3) is 0 Å². The van der Waals surface area contributed by atoms with Crippen LogP contribution in [0.5, 0.6) is 5.75 Å². The molecule has 3 amide bonds. The van der Waals surface area contributed by atoms with Gasteiger partial charge in [-0.2, -0.15) is 0 Å². The van der Waals surface area contributed by atoms with Crippen LogP contribution in [0.3, 0.4) is 0 Å². The van der Waals surface area contributed by atoms with E-state index in [4.69, 9.17) is 5.11 Å². The molecule has 0 unspecified atom stereocenters. The molecule has 4 N–H and O–H groups in total. The third-order valence-corrected chi connectivity index (χ3v) is 2.39. The lowest BCUT2D eigenvalue weighted by atomic mass is 10.2. The first kappa shape index (κ1) is 15.3. The molecule has 0 fully saturated rings. The van der Waals surface area contributed by atoms with Gasteiger partial charge in [0.05, 0.1) is 17.8 Å². The van der Waals surface area contributed by atoms with Gasteiger partial charge in [-0.05, 0) is 18.2 Å². The van der Waals surface area contributed by atoms with Gasteiger partial charge in [0.2, 0.25) is 5.91 Å². The van der Waals surface area contributed by atoms with E-state index in [2.05, 4.69) is 10.6 Å².